The molecule has 73 heavy (non-hydrogen) atoms. The van der Waals surface area contributed by atoms with Crippen LogP contribution in [0.2, 0.25) is 0 Å². The highest BCUT2D eigenvalue weighted by molar-refractivity contribution is 5.93. The van der Waals surface area contributed by atoms with E-state index in [-0.39, 0.29) is 0 Å². The quantitative estimate of drug-likeness (QED) is 0.142. The highest BCUT2D eigenvalue weighted by Crippen LogP contribution is 2.67. The van der Waals surface area contributed by atoms with Gasteiger partial charge in [0.1, 0.15) is 0 Å². The van der Waals surface area contributed by atoms with Gasteiger partial charge in [0.25, 0.3) is 0 Å². The van der Waals surface area contributed by atoms with Crippen molar-refractivity contribution < 1.29 is 0 Å². The summed E-state index contributed by atoms with van der Waals surface area (Å²) in [6, 6.07) is 98.7. The Morgan fingerprint density at radius 1 is 0.219 bits per heavy atom. The minimum atomic E-state index is -0.619. The fraction of sp³-hybridized carbons (Fsp3) is 0.0411. The van der Waals surface area contributed by atoms with Gasteiger partial charge < -0.3 is 0 Å². The first-order valence-electron chi connectivity index (χ1n) is 25.6. The van der Waals surface area contributed by atoms with Crippen LogP contribution in [0.4, 0.5) is 0 Å². The smallest absolute Gasteiger partial charge is 0.0652 e. The molecule has 0 fully saturated rings. The largest absolute Gasteiger partial charge is 0.0720 e. The Morgan fingerprint density at radius 3 is 0.753 bits per heavy atom. The van der Waals surface area contributed by atoms with Gasteiger partial charge in [-0.15, -0.1) is 0 Å². The molecular weight excluding hydrogens is 877 g/mol. The van der Waals surface area contributed by atoms with Crippen LogP contribution in [0, 0.1) is 0 Å². The summed E-state index contributed by atoms with van der Waals surface area (Å²) in [6.07, 6.45) is 15.2. The Balaban J connectivity index is 1.02. The molecule has 0 amide bonds. The average Bonchev–Trinajstić information content (AvgIpc) is 3.96. The third kappa shape index (κ3) is 6.68. The van der Waals surface area contributed by atoms with Gasteiger partial charge in [0, 0.05) is 0 Å². The van der Waals surface area contributed by atoms with E-state index in [1.807, 2.05) is 0 Å². The van der Waals surface area contributed by atoms with E-state index in [4.69, 9.17) is 0 Å². The van der Waals surface area contributed by atoms with Crippen LogP contribution in [0.15, 0.2) is 326 Å². The van der Waals surface area contributed by atoms with Gasteiger partial charge in [0.05, 0.1) is 16.2 Å². The van der Waals surface area contributed by atoms with Gasteiger partial charge in [-0.3, -0.25) is 0 Å². The Labute approximate surface area is 428 Å². The van der Waals surface area contributed by atoms with Gasteiger partial charge in [-0.25, -0.2) is 0 Å². The molecule has 0 nitrogen and oxygen atoms in total. The minimum absolute atomic E-state index is 0.599. The van der Waals surface area contributed by atoms with Gasteiger partial charge in [-0.05, 0) is 111 Å². The van der Waals surface area contributed by atoms with E-state index in [1.165, 1.54) is 111 Å². The van der Waals surface area contributed by atoms with E-state index in [2.05, 4.69) is 303 Å². The zero-order valence-electron chi connectivity index (χ0n) is 40.4. The van der Waals surface area contributed by atoms with Crippen LogP contribution in [0.5, 0.6) is 0 Å². The average molecular weight is 927 g/mol. The molecule has 10 aromatic carbocycles. The Bertz CT molecular complexity index is 3440. The molecule has 0 unspecified atom stereocenters. The summed E-state index contributed by atoms with van der Waals surface area (Å²) in [7, 11) is 0. The first kappa shape index (κ1) is 42.8. The summed E-state index contributed by atoms with van der Waals surface area (Å²) in [5, 5.41) is 0. The Hall–Kier alpha value is -9.10. The van der Waals surface area contributed by atoms with Crippen LogP contribution < -0.4 is 0 Å². The van der Waals surface area contributed by atoms with E-state index >= 15 is 0 Å². The van der Waals surface area contributed by atoms with Crippen molar-refractivity contribution in [1.82, 2.24) is 0 Å². The summed E-state index contributed by atoms with van der Waals surface area (Å²) >= 11 is 0. The number of rotatable bonds is 8. The monoisotopic (exact) mass is 926 g/mol. The maximum atomic E-state index is 2.65. The normalized spacial score (nSPS) is 16.0. The molecule has 4 aliphatic carbocycles. The number of allylic oxidation sites excluding steroid dienone is 10. The fourth-order valence-corrected chi connectivity index (χ4v) is 12.7. The fourth-order valence-electron chi connectivity index (χ4n) is 12.7. The molecule has 0 radical (unpaired) electrons. The SMILES string of the molecule is C1=CC(c2ccc(-c3ccccc3)cc2)(c2ccc(-c3ccccc3)cc2)C=C2C1=C1C=CC(c3ccc(-c4ccccc4)cc3)(c3ccc(-c4ccccc4)cc3)C=C1C21c2ccccc2-c2ccccc21. The second kappa shape index (κ2) is 17.0. The van der Waals surface area contributed by atoms with E-state index in [0.29, 0.717) is 0 Å². The summed E-state index contributed by atoms with van der Waals surface area (Å²) in [5.74, 6) is 0. The zero-order valence-corrected chi connectivity index (χ0v) is 40.4. The summed E-state index contributed by atoms with van der Waals surface area (Å²) in [6.45, 7) is 0. The lowest BCUT2D eigenvalue weighted by molar-refractivity contribution is 0.708. The molecule has 0 N–H and O–H groups in total. The van der Waals surface area contributed by atoms with E-state index in [9.17, 15) is 0 Å². The lowest BCUT2D eigenvalue weighted by atomic mass is 9.61. The van der Waals surface area contributed by atoms with E-state index < -0.39 is 16.2 Å². The maximum absolute atomic E-state index is 2.65. The first-order valence-corrected chi connectivity index (χ1v) is 25.6. The van der Waals surface area contributed by atoms with Crippen molar-refractivity contribution in [2.24, 2.45) is 0 Å². The third-order valence-electron chi connectivity index (χ3n) is 16.3. The molecule has 0 saturated heterocycles. The van der Waals surface area contributed by atoms with Gasteiger partial charge in [-0.1, -0.05) is 303 Å². The predicted octanol–water partition coefficient (Wildman–Crippen LogP) is 17.9. The molecule has 0 heterocycles. The summed E-state index contributed by atoms with van der Waals surface area (Å²) in [5.41, 5.74) is 23.2. The molecule has 0 atom stereocenters. The Kier molecular flexibility index (Phi) is 9.98. The topological polar surface area (TPSA) is 0 Å². The van der Waals surface area contributed by atoms with Crippen LogP contribution >= 0.6 is 0 Å². The predicted molar refractivity (Wildman–Crippen MR) is 303 cm³/mol. The molecule has 0 saturated carbocycles. The summed E-state index contributed by atoms with van der Waals surface area (Å²) in [4.78, 5) is 0. The molecule has 0 bridgehead atoms. The van der Waals surface area contributed by atoms with Crippen molar-refractivity contribution in [3.05, 3.63) is 359 Å². The second-order valence-electron chi connectivity index (χ2n) is 20.0. The van der Waals surface area contributed by atoms with Crippen LogP contribution in [-0.4, -0.2) is 0 Å². The van der Waals surface area contributed by atoms with Crippen LogP contribution in [0.25, 0.3) is 55.6 Å². The van der Waals surface area contributed by atoms with Gasteiger partial charge in [0.15, 0.2) is 0 Å². The summed E-state index contributed by atoms with van der Waals surface area (Å²) < 4.78 is 0. The molecule has 1 spiro atoms. The lowest BCUT2D eigenvalue weighted by Crippen LogP contribution is -2.34. The van der Waals surface area contributed by atoms with Crippen molar-refractivity contribution in [3.63, 3.8) is 0 Å². The Morgan fingerprint density at radius 2 is 0.466 bits per heavy atom. The number of hydrogen-bond acceptors (Lipinski definition) is 0. The van der Waals surface area contributed by atoms with Crippen molar-refractivity contribution in [2.75, 3.05) is 0 Å². The van der Waals surface area contributed by atoms with E-state index in [1.54, 1.807) is 0 Å². The molecular formula is C73H50. The zero-order chi connectivity index (χ0) is 48.4. The molecule has 342 valence electrons. The number of hydrogen-bond donors (Lipinski definition) is 0. The molecule has 10 aromatic rings. The van der Waals surface area contributed by atoms with Crippen molar-refractivity contribution in [3.8, 4) is 55.6 Å². The molecule has 14 rings (SSSR count). The number of benzene rings is 10. The highest BCUT2D eigenvalue weighted by atomic mass is 14.6. The van der Waals surface area contributed by atoms with E-state index in [0.717, 1.165) is 0 Å². The molecule has 4 aliphatic rings. The molecule has 0 aromatic heterocycles. The number of fused-ring (bicyclic) bond motifs is 9. The van der Waals surface area contributed by atoms with Gasteiger partial charge in [-0.2, -0.15) is 0 Å². The van der Waals surface area contributed by atoms with Crippen molar-refractivity contribution in [1.29, 1.82) is 0 Å². The standard InChI is InChI=1S/C73H50/c1-5-17-51(18-6-1)55-29-37-59(38-30-55)71(60-39-31-56(32-40-60)52-19-7-2-8-20-52)47-45-65-66-46-48-72(61-41-33-57(34-42-61)53-21-9-3-10-22-53,62-43-35-58(36-44-62)54-23-11-4-12-24-54)50-70(66)73(69(65)49-71)67-27-15-13-25-63(67)64-26-14-16-28-68(64)73/h1-50H. The maximum Gasteiger partial charge on any atom is 0.0720 e. The second-order valence-corrected chi connectivity index (χ2v) is 20.0. The van der Waals surface area contributed by atoms with Crippen molar-refractivity contribution in [2.45, 2.75) is 16.2 Å². The van der Waals surface area contributed by atoms with Gasteiger partial charge in [0.2, 0.25) is 0 Å². The minimum Gasteiger partial charge on any atom is -0.0652 e. The van der Waals surface area contributed by atoms with Crippen LogP contribution in [0.3, 0.4) is 0 Å². The first-order chi connectivity index (χ1) is 36.1. The molecule has 0 heteroatoms. The highest BCUT2D eigenvalue weighted by Gasteiger charge is 2.57. The van der Waals surface area contributed by atoms with Crippen LogP contribution in [-0.2, 0) is 16.2 Å². The lowest BCUT2D eigenvalue weighted by Gasteiger charge is -2.40. The van der Waals surface area contributed by atoms with Crippen LogP contribution in [0.1, 0.15) is 33.4 Å². The molecule has 0 aliphatic heterocycles. The van der Waals surface area contributed by atoms with Gasteiger partial charge >= 0.3 is 0 Å². The third-order valence-corrected chi connectivity index (χ3v) is 16.3. The van der Waals surface area contributed by atoms with Crippen molar-refractivity contribution >= 4 is 0 Å².